The number of thiophene rings is 1. The number of para-hydroxylation sites is 1. The SMILES string of the molecule is Cc1nc(-c2ccsc2)sc1C(=O)OCC(=O)N(CCC#N)c1ccccc1. The first kappa shape index (κ1) is 19.7. The number of hydrogen-bond acceptors (Lipinski definition) is 7. The lowest BCUT2D eigenvalue weighted by atomic mass is 10.2. The number of carbonyl (C=O) groups excluding carboxylic acids is 2. The highest BCUT2D eigenvalue weighted by atomic mass is 32.1. The Morgan fingerprint density at radius 2 is 2.04 bits per heavy atom. The highest BCUT2D eigenvalue weighted by Crippen LogP contribution is 2.29. The van der Waals surface area contributed by atoms with E-state index in [1.807, 2.05) is 29.0 Å². The number of rotatable bonds is 7. The molecule has 3 rings (SSSR count). The van der Waals surface area contributed by atoms with Crippen LogP contribution in [-0.4, -0.2) is 30.0 Å². The smallest absolute Gasteiger partial charge is 0.350 e. The molecule has 1 amide bonds. The Morgan fingerprint density at radius 3 is 2.71 bits per heavy atom. The second-order valence-electron chi connectivity index (χ2n) is 5.81. The Hall–Kier alpha value is -3.02. The van der Waals surface area contributed by atoms with Gasteiger partial charge in [0, 0.05) is 23.2 Å². The van der Waals surface area contributed by atoms with Crippen molar-refractivity contribution in [1.82, 2.24) is 4.98 Å². The van der Waals surface area contributed by atoms with Crippen LogP contribution in [0.15, 0.2) is 47.2 Å². The Labute approximate surface area is 170 Å². The lowest BCUT2D eigenvalue weighted by molar-refractivity contribution is -0.121. The van der Waals surface area contributed by atoms with Crippen LogP contribution in [0.3, 0.4) is 0 Å². The quantitative estimate of drug-likeness (QED) is 0.542. The van der Waals surface area contributed by atoms with Gasteiger partial charge in [-0.1, -0.05) is 18.2 Å². The van der Waals surface area contributed by atoms with Crippen LogP contribution in [-0.2, 0) is 9.53 Å². The number of nitriles is 1. The van der Waals surface area contributed by atoms with Crippen LogP contribution in [0.2, 0.25) is 0 Å². The summed E-state index contributed by atoms with van der Waals surface area (Å²) < 4.78 is 5.24. The van der Waals surface area contributed by atoms with E-state index in [2.05, 4.69) is 4.98 Å². The zero-order valence-corrected chi connectivity index (χ0v) is 16.8. The van der Waals surface area contributed by atoms with E-state index >= 15 is 0 Å². The normalized spacial score (nSPS) is 10.3. The van der Waals surface area contributed by atoms with Crippen LogP contribution in [0.1, 0.15) is 21.8 Å². The summed E-state index contributed by atoms with van der Waals surface area (Å²) >= 11 is 2.81. The zero-order chi connectivity index (χ0) is 19.9. The molecule has 0 N–H and O–H groups in total. The monoisotopic (exact) mass is 411 g/mol. The first-order valence-electron chi connectivity index (χ1n) is 8.49. The molecule has 1 aromatic carbocycles. The van der Waals surface area contributed by atoms with E-state index in [9.17, 15) is 9.59 Å². The molecule has 142 valence electrons. The van der Waals surface area contributed by atoms with Crippen molar-refractivity contribution >= 4 is 40.2 Å². The Bertz CT molecular complexity index is 992. The van der Waals surface area contributed by atoms with Gasteiger partial charge in [-0.05, 0) is 30.5 Å². The Morgan fingerprint density at radius 1 is 1.25 bits per heavy atom. The fourth-order valence-corrected chi connectivity index (χ4v) is 4.21. The van der Waals surface area contributed by atoms with E-state index in [1.165, 1.54) is 16.2 Å². The lowest BCUT2D eigenvalue weighted by Gasteiger charge is -2.21. The number of benzene rings is 1. The lowest BCUT2D eigenvalue weighted by Crippen LogP contribution is -2.35. The van der Waals surface area contributed by atoms with Gasteiger partial charge in [-0.25, -0.2) is 9.78 Å². The molecule has 6 nitrogen and oxygen atoms in total. The van der Waals surface area contributed by atoms with Crippen molar-refractivity contribution < 1.29 is 14.3 Å². The summed E-state index contributed by atoms with van der Waals surface area (Å²) in [7, 11) is 0. The van der Waals surface area contributed by atoms with Crippen LogP contribution in [0, 0.1) is 18.3 Å². The van der Waals surface area contributed by atoms with E-state index < -0.39 is 12.6 Å². The summed E-state index contributed by atoms with van der Waals surface area (Å²) in [5.74, 6) is -0.951. The molecule has 0 unspecified atom stereocenters. The number of amides is 1. The molecule has 0 saturated carbocycles. The van der Waals surface area contributed by atoms with Gasteiger partial charge < -0.3 is 9.64 Å². The number of anilines is 1. The summed E-state index contributed by atoms with van der Waals surface area (Å²) in [5, 5.41) is 13.5. The second kappa shape index (κ2) is 9.26. The van der Waals surface area contributed by atoms with E-state index in [-0.39, 0.29) is 18.9 Å². The molecule has 0 bridgehead atoms. The van der Waals surface area contributed by atoms with Crippen molar-refractivity contribution in [3.05, 3.63) is 57.7 Å². The van der Waals surface area contributed by atoms with Crippen LogP contribution < -0.4 is 4.90 Å². The summed E-state index contributed by atoms with van der Waals surface area (Å²) in [5.41, 5.74) is 2.19. The van der Waals surface area contributed by atoms with Crippen molar-refractivity contribution in [1.29, 1.82) is 5.26 Å². The van der Waals surface area contributed by atoms with Crippen LogP contribution in [0.4, 0.5) is 5.69 Å². The predicted molar refractivity (Wildman–Crippen MR) is 109 cm³/mol. The summed E-state index contributed by atoms with van der Waals surface area (Å²) in [6.45, 7) is 1.58. The molecule has 0 atom stereocenters. The van der Waals surface area contributed by atoms with Gasteiger partial charge in [0.2, 0.25) is 0 Å². The van der Waals surface area contributed by atoms with Crippen molar-refractivity contribution in [2.45, 2.75) is 13.3 Å². The zero-order valence-electron chi connectivity index (χ0n) is 15.1. The largest absolute Gasteiger partial charge is 0.451 e. The molecule has 0 saturated heterocycles. The fraction of sp³-hybridized carbons (Fsp3) is 0.200. The molecule has 8 heteroatoms. The molecule has 28 heavy (non-hydrogen) atoms. The topological polar surface area (TPSA) is 83.3 Å². The highest BCUT2D eigenvalue weighted by Gasteiger charge is 2.21. The molecule has 3 aromatic rings. The maximum Gasteiger partial charge on any atom is 0.350 e. The van der Waals surface area contributed by atoms with E-state index in [1.54, 1.807) is 42.5 Å². The molecule has 0 aliphatic rings. The number of nitrogens with zero attached hydrogens (tertiary/aromatic N) is 3. The van der Waals surface area contributed by atoms with Gasteiger partial charge in [0.15, 0.2) is 6.61 Å². The predicted octanol–water partition coefficient (Wildman–Crippen LogP) is 4.28. The van der Waals surface area contributed by atoms with Crippen LogP contribution in [0.5, 0.6) is 0 Å². The average molecular weight is 412 g/mol. The molecule has 0 spiro atoms. The molecule has 2 heterocycles. The first-order chi connectivity index (χ1) is 13.6. The molecular weight excluding hydrogens is 394 g/mol. The van der Waals surface area contributed by atoms with Crippen molar-refractivity contribution in [3.63, 3.8) is 0 Å². The van der Waals surface area contributed by atoms with E-state index in [0.29, 0.717) is 16.3 Å². The van der Waals surface area contributed by atoms with E-state index in [0.717, 1.165) is 10.6 Å². The average Bonchev–Trinajstić information content (AvgIpc) is 3.37. The van der Waals surface area contributed by atoms with Crippen molar-refractivity contribution in [2.75, 3.05) is 18.1 Å². The second-order valence-corrected chi connectivity index (χ2v) is 7.59. The molecule has 0 radical (unpaired) electrons. The highest BCUT2D eigenvalue weighted by molar-refractivity contribution is 7.17. The molecule has 0 fully saturated rings. The minimum atomic E-state index is -0.571. The third-order valence-electron chi connectivity index (χ3n) is 3.89. The maximum absolute atomic E-state index is 12.6. The van der Waals surface area contributed by atoms with Gasteiger partial charge in [0.1, 0.15) is 9.88 Å². The molecule has 0 aliphatic heterocycles. The minimum Gasteiger partial charge on any atom is -0.451 e. The van der Waals surface area contributed by atoms with Crippen LogP contribution in [0.25, 0.3) is 10.6 Å². The Kier molecular flexibility index (Phi) is 6.53. The van der Waals surface area contributed by atoms with Gasteiger partial charge >= 0.3 is 5.97 Å². The summed E-state index contributed by atoms with van der Waals surface area (Å²) in [6, 6.07) is 13.0. The van der Waals surface area contributed by atoms with Crippen LogP contribution >= 0.6 is 22.7 Å². The first-order valence-corrected chi connectivity index (χ1v) is 10.3. The van der Waals surface area contributed by atoms with Gasteiger partial charge in [0.25, 0.3) is 5.91 Å². The van der Waals surface area contributed by atoms with Gasteiger partial charge in [-0.3, -0.25) is 4.79 Å². The van der Waals surface area contributed by atoms with Gasteiger partial charge in [0.05, 0.1) is 18.2 Å². The number of thiazole rings is 1. The standard InChI is InChI=1S/C20H17N3O3S2/c1-14-18(28-19(22-14)15-8-11-27-13-15)20(25)26-12-17(24)23(10-5-9-21)16-6-3-2-4-7-16/h2-4,6-8,11,13H,5,10,12H2,1H3. The van der Waals surface area contributed by atoms with Crippen molar-refractivity contribution in [2.24, 2.45) is 0 Å². The number of esters is 1. The third-order valence-corrected chi connectivity index (χ3v) is 5.76. The number of aryl methyl sites for hydroxylation is 1. The summed E-state index contributed by atoms with van der Waals surface area (Å²) in [6.07, 6.45) is 0.187. The van der Waals surface area contributed by atoms with Crippen molar-refractivity contribution in [3.8, 4) is 16.6 Å². The number of aromatic nitrogens is 1. The van der Waals surface area contributed by atoms with Gasteiger partial charge in [-0.15, -0.1) is 11.3 Å². The number of ether oxygens (including phenoxy) is 1. The van der Waals surface area contributed by atoms with E-state index in [4.69, 9.17) is 10.00 Å². The maximum atomic E-state index is 12.6. The van der Waals surface area contributed by atoms with Gasteiger partial charge in [-0.2, -0.15) is 16.6 Å². The molecule has 0 aliphatic carbocycles. The minimum absolute atomic E-state index is 0.187. The number of hydrogen-bond donors (Lipinski definition) is 0. The molecule has 2 aromatic heterocycles. The third kappa shape index (κ3) is 4.63. The summed E-state index contributed by atoms with van der Waals surface area (Å²) in [4.78, 5) is 31.3. The fourth-order valence-electron chi connectivity index (χ4n) is 2.53. The molecular formula is C20H17N3O3S2. The Balaban J connectivity index is 1.67. The number of carbonyl (C=O) groups is 2.